The molecule has 0 saturated heterocycles. The second kappa shape index (κ2) is 4.97. The normalized spacial score (nSPS) is 10.7. The van der Waals surface area contributed by atoms with Crippen LogP contribution in [0.1, 0.15) is 22.6 Å². The number of methoxy groups -OCH3 is 1. The minimum atomic E-state index is -0.387. The molecule has 0 atom stereocenters. The zero-order chi connectivity index (χ0) is 12.3. The third-order valence-electron chi connectivity index (χ3n) is 2.53. The van der Waals surface area contributed by atoms with E-state index in [-0.39, 0.29) is 12.6 Å². The number of imidazole rings is 1. The van der Waals surface area contributed by atoms with Gasteiger partial charge in [-0.25, -0.2) is 9.78 Å². The lowest BCUT2D eigenvalue weighted by molar-refractivity contribution is 0.0592. The number of nitrogens with zero attached hydrogens (tertiary/aromatic N) is 2. The van der Waals surface area contributed by atoms with Crippen LogP contribution in [0.25, 0.3) is 5.65 Å². The Bertz CT molecular complexity index is 534. The molecule has 0 radical (unpaired) electrons. The molecule has 5 heteroatoms. The monoisotopic (exact) mass is 234 g/mol. The van der Waals surface area contributed by atoms with E-state index in [9.17, 15) is 4.79 Å². The second-order valence-corrected chi connectivity index (χ2v) is 3.69. The fraction of sp³-hybridized carbons (Fsp3) is 0.333. The first kappa shape index (κ1) is 11.6. The molecule has 90 valence electrons. The Morgan fingerprint density at radius 1 is 1.53 bits per heavy atom. The van der Waals surface area contributed by atoms with E-state index in [0.29, 0.717) is 24.2 Å². The first-order valence-corrected chi connectivity index (χ1v) is 5.42. The van der Waals surface area contributed by atoms with Gasteiger partial charge in [0.15, 0.2) is 0 Å². The van der Waals surface area contributed by atoms with Crippen molar-refractivity contribution in [3.8, 4) is 0 Å². The van der Waals surface area contributed by atoms with Crippen molar-refractivity contribution in [1.82, 2.24) is 9.38 Å². The molecule has 0 aromatic carbocycles. The highest BCUT2D eigenvalue weighted by atomic mass is 16.5. The average Bonchev–Trinajstić information content (AvgIpc) is 2.77. The van der Waals surface area contributed by atoms with Crippen LogP contribution < -0.4 is 0 Å². The summed E-state index contributed by atoms with van der Waals surface area (Å²) in [6.07, 6.45) is 3.16. The van der Waals surface area contributed by atoms with Gasteiger partial charge in [-0.05, 0) is 25.0 Å². The molecule has 0 amide bonds. The molecule has 0 bridgehead atoms. The Labute approximate surface area is 98.7 Å². The molecular weight excluding hydrogens is 220 g/mol. The number of aliphatic hydroxyl groups is 1. The van der Waals surface area contributed by atoms with Crippen LogP contribution in [0.15, 0.2) is 24.4 Å². The van der Waals surface area contributed by atoms with Crippen molar-refractivity contribution in [1.29, 1.82) is 0 Å². The third kappa shape index (κ3) is 2.29. The highest BCUT2D eigenvalue weighted by Crippen LogP contribution is 2.11. The standard InChI is InChI=1S/C12H14N2O3/c1-17-12(16)10-5-2-6-11-13-9(4-3-7-15)8-14(10)11/h2,5-6,8,15H,3-4,7H2,1H3. The van der Waals surface area contributed by atoms with Gasteiger partial charge in [-0.15, -0.1) is 0 Å². The molecule has 2 aromatic rings. The van der Waals surface area contributed by atoms with E-state index >= 15 is 0 Å². The summed E-state index contributed by atoms with van der Waals surface area (Å²) in [6.45, 7) is 0.137. The number of aryl methyl sites for hydroxylation is 1. The molecule has 1 N–H and O–H groups in total. The summed E-state index contributed by atoms with van der Waals surface area (Å²) >= 11 is 0. The SMILES string of the molecule is COC(=O)c1cccc2nc(CCCO)cn12. The number of carbonyl (C=O) groups is 1. The highest BCUT2D eigenvalue weighted by molar-refractivity contribution is 5.88. The van der Waals surface area contributed by atoms with E-state index in [1.807, 2.05) is 6.07 Å². The van der Waals surface area contributed by atoms with Crippen molar-refractivity contribution in [2.24, 2.45) is 0 Å². The maximum absolute atomic E-state index is 11.5. The lowest BCUT2D eigenvalue weighted by Crippen LogP contribution is -2.06. The molecule has 2 heterocycles. The number of aromatic nitrogens is 2. The number of esters is 1. The number of aliphatic hydroxyl groups excluding tert-OH is 1. The van der Waals surface area contributed by atoms with Crippen molar-refractivity contribution in [3.05, 3.63) is 35.8 Å². The summed E-state index contributed by atoms with van der Waals surface area (Å²) < 4.78 is 6.41. The first-order chi connectivity index (χ1) is 8.26. The van der Waals surface area contributed by atoms with E-state index < -0.39 is 0 Å². The van der Waals surface area contributed by atoms with Gasteiger partial charge in [0.25, 0.3) is 0 Å². The molecule has 0 spiro atoms. The van der Waals surface area contributed by atoms with Crippen molar-refractivity contribution < 1.29 is 14.6 Å². The van der Waals surface area contributed by atoms with Crippen molar-refractivity contribution in [3.63, 3.8) is 0 Å². The van der Waals surface area contributed by atoms with Crippen LogP contribution in [0.5, 0.6) is 0 Å². The Kier molecular flexibility index (Phi) is 3.39. The van der Waals surface area contributed by atoms with Crippen LogP contribution in [0, 0.1) is 0 Å². The Balaban J connectivity index is 2.42. The van der Waals surface area contributed by atoms with Crippen LogP contribution in [-0.4, -0.2) is 34.2 Å². The highest BCUT2D eigenvalue weighted by Gasteiger charge is 2.11. The summed E-state index contributed by atoms with van der Waals surface area (Å²) in [7, 11) is 1.35. The molecule has 2 rings (SSSR count). The Morgan fingerprint density at radius 2 is 2.35 bits per heavy atom. The number of ether oxygens (including phenoxy) is 1. The summed E-state index contributed by atoms with van der Waals surface area (Å²) in [5.74, 6) is -0.387. The van der Waals surface area contributed by atoms with E-state index in [1.165, 1.54) is 7.11 Å². The molecule has 5 nitrogen and oxygen atoms in total. The van der Waals surface area contributed by atoms with Crippen LogP contribution in [0.2, 0.25) is 0 Å². The van der Waals surface area contributed by atoms with E-state index in [2.05, 4.69) is 4.98 Å². The molecule has 0 unspecified atom stereocenters. The topological polar surface area (TPSA) is 63.8 Å². The number of fused-ring (bicyclic) bond motifs is 1. The zero-order valence-corrected chi connectivity index (χ0v) is 9.59. The van der Waals surface area contributed by atoms with E-state index in [1.54, 1.807) is 22.7 Å². The number of pyridine rings is 1. The van der Waals surface area contributed by atoms with Gasteiger partial charge < -0.3 is 9.84 Å². The molecule has 2 aromatic heterocycles. The minimum Gasteiger partial charge on any atom is -0.464 e. The maximum Gasteiger partial charge on any atom is 0.355 e. The fourth-order valence-corrected chi connectivity index (χ4v) is 1.71. The van der Waals surface area contributed by atoms with Crippen LogP contribution in [0.4, 0.5) is 0 Å². The maximum atomic E-state index is 11.5. The molecule has 0 aliphatic heterocycles. The predicted molar refractivity (Wildman–Crippen MR) is 61.9 cm³/mol. The molecular formula is C12H14N2O3. The van der Waals surface area contributed by atoms with Crippen molar-refractivity contribution in [2.45, 2.75) is 12.8 Å². The summed E-state index contributed by atoms with van der Waals surface area (Å²) in [5, 5.41) is 8.77. The average molecular weight is 234 g/mol. The summed E-state index contributed by atoms with van der Waals surface area (Å²) in [5.41, 5.74) is 2.02. The molecule has 0 fully saturated rings. The Hall–Kier alpha value is -1.88. The van der Waals surface area contributed by atoms with Gasteiger partial charge in [0.1, 0.15) is 11.3 Å². The largest absolute Gasteiger partial charge is 0.464 e. The fourth-order valence-electron chi connectivity index (χ4n) is 1.71. The summed E-state index contributed by atoms with van der Waals surface area (Å²) in [6, 6.07) is 5.29. The van der Waals surface area contributed by atoms with Crippen LogP contribution >= 0.6 is 0 Å². The van der Waals surface area contributed by atoms with Crippen molar-refractivity contribution >= 4 is 11.6 Å². The van der Waals surface area contributed by atoms with Crippen molar-refractivity contribution in [2.75, 3.05) is 13.7 Å². The number of hydrogen-bond donors (Lipinski definition) is 1. The summed E-state index contributed by atoms with van der Waals surface area (Å²) in [4.78, 5) is 15.9. The number of rotatable bonds is 4. The van der Waals surface area contributed by atoms with E-state index in [0.717, 1.165) is 5.69 Å². The molecule has 17 heavy (non-hydrogen) atoms. The van der Waals surface area contributed by atoms with Gasteiger partial charge in [-0.3, -0.25) is 4.40 Å². The molecule has 0 saturated carbocycles. The van der Waals surface area contributed by atoms with Gasteiger partial charge in [0, 0.05) is 12.8 Å². The number of hydrogen-bond acceptors (Lipinski definition) is 4. The van der Waals surface area contributed by atoms with E-state index in [4.69, 9.17) is 9.84 Å². The van der Waals surface area contributed by atoms with Gasteiger partial charge in [-0.1, -0.05) is 6.07 Å². The van der Waals surface area contributed by atoms with Crippen LogP contribution in [0.3, 0.4) is 0 Å². The zero-order valence-electron chi connectivity index (χ0n) is 9.59. The van der Waals surface area contributed by atoms with Gasteiger partial charge in [-0.2, -0.15) is 0 Å². The lowest BCUT2D eigenvalue weighted by atomic mass is 10.3. The van der Waals surface area contributed by atoms with Crippen LogP contribution in [-0.2, 0) is 11.2 Å². The lowest BCUT2D eigenvalue weighted by Gasteiger charge is -2.01. The molecule has 0 aliphatic rings. The Morgan fingerprint density at radius 3 is 3.06 bits per heavy atom. The number of carbonyl (C=O) groups excluding carboxylic acids is 1. The first-order valence-electron chi connectivity index (χ1n) is 5.42. The second-order valence-electron chi connectivity index (χ2n) is 3.69. The smallest absolute Gasteiger partial charge is 0.355 e. The van der Waals surface area contributed by atoms with Gasteiger partial charge >= 0.3 is 5.97 Å². The molecule has 0 aliphatic carbocycles. The van der Waals surface area contributed by atoms with Gasteiger partial charge in [0.05, 0.1) is 12.8 Å². The third-order valence-corrected chi connectivity index (χ3v) is 2.53. The quantitative estimate of drug-likeness (QED) is 0.803. The predicted octanol–water partition coefficient (Wildman–Crippen LogP) is 1.05. The minimum absolute atomic E-state index is 0.137. The van der Waals surface area contributed by atoms with Gasteiger partial charge in [0.2, 0.25) is 0 Å².